The van der Waals surface area contributed by atoms with Gasteiger partial charge in [0.15, 0.2) is 0 Å². The molecular weight excluding hydrogens is 174 g/mol. The second kappa shape index (κ2) is 2.96. The summed E-state index contributed by atoms with van der Waals surface area (Å²) in [6.07, 6.45) is 9.22. The van der Waals surface area contributed by atoms with Crippen LogP contribution >= 0.6 is 0 Å². The van der Waals surface area contributed by atoms with Gasteiger partial charge >= 0.3 is 0 Å². The van der Waals surface area contributed by atoms with Crippen LogP contribution in [-0.4, -0.2) is 23.8 Å². The molecule has 3 aliphatic rings. The van der Waals surface area contributed by atoms with Crippen molar-refractivity contribution in [2.75, 3.05) is 6.61 Å². The van der Waals surface area contributed by atoms with E-state index in [4.69, 9.17) is 4.74 Å². The van der Waals surface area contributed by atoms with Crippen LogP contribution in [0.4, 0.5) is 0 Å². The Labute approximate surface area is 86.4 Å². The van der Waals surface area contributed by atoms with Crippen molar-refractivity contribution < 1.29 is 4.74 Å². The molecule has 3 fully saturated rings. The second-order valence-electron chi connectivity index (χ2n) is 5.78. The second-order valence-corrected chi connectivity index (χ2v) is 5.78. The van der Waals surface area contributed by atoms with Crippen LogP contribution in [0.5, 0.6) is 0 Å². The zero-order valence-electron chi connectivity index (χ0n) is 9.14. The van der Waals surface area contributed by atoms with Crippen molar-refractivity contribution in [1.29, 1.82) is 0 Å². The van der Waals surface area contributed by atoms with Gasteiger partial charge in [-0.2, -0.15) is 0 Å². The predicted molar refractivity (Wildman–Crippen MR) is 56.3 cm³/mol. The molecule has 2 heteroatoms. The van der Waals surface area contributed by atoms with Crippen molar-refractivity contribution in [2.45, 2.75) is 69.1 Å². The normalized spacial score (nSPS) is 37.9. The van der Waals surface area contributed by atoms with E-state index in [2.05, 4.69) is 12.2 Å². The quantitative estimate of drug-likeness (QED) is 0.729. The van der Waals surface area contributed by atoms with Crippen LogP contribution < -0.4 is 5.32 Å². The molecule has 1 aliphatic heterocycles. The number of rotatable bonds is 2. The maximum atomic E-state index is 5.93. The first-order chi connectivity index (χ1) is 6.70. The van der Waals surface area contributed by atoms with Crippen molar-refractivity contribution in [3.63, 3.8) is 0 Å². The molecule has 2 saturated carbocycles. The van der Waals surface area contributed by atoms with Crippen molar-refractivity contribution in [1.82, 2.24) is 5.32 Å². The molecule has 80 valence electrons. The van der Waals surface area contributed by atoms with Gasteiger partial charge in [-0.05, 0) is 51.9 Å². The molecule has 1 saturated heterocycles. The van der Waals surface area contributed by atoms with Gasteiger partial charge in [-0.1, -0.05) is 0 Å². The summed E-state index contributed by atoms with van der Waals surface area (Å²) in [6.45, 7) is 3.34. The first kappa shape index (κ1) is 9.17. The highest BCUT2D eigenvalue weighted by Crippen LogP contribution is 2.44. The Morgan fingerprint density at radius 3 is 2.57 bits per heavy atom. The van der Waals surface area contributed by atoms with Crippen LogP contribution in [0, 0.1) is 0 Å². The third-order valence-corrected chi connectivity index (χ3v) is 4.31. The molecule has 0 aromatic heterocycles. The molecule has 0 aromatic rings. The van der Waals surface area contributed by atoms with Gasteiger partial charge in [-0.15, -0.1) is 0 Å². The summed E-state index contributed by atoms with van der Waals surface area (Å²) in [6, 6.07) is 0.733. The standard InChI is InChI=1S/C12H21NO/c1-11(6-7-11)13-10-3-8-14-12(9-10)4-2-5-12/h10,13H,2-9H2,1H3. The molecule has 2 aliphatic carbocycles. The van der Waals surface area contributed by atoms with Gasteiger partial charge in [0.25, 0.3) is 0 Å². The highest BCUT2D eigenvalue weighted by molar-refractivity contribution is 5.03. The SMILES string of the molecule is CC1(NC2CCOC3(CCC3)C2)CC1. The molecule has 0 radical (unpaired) electrons. The van der Waals surface area contributed by atoms with Crippen LogP contribution in [-0.2, 0) is 4.74 Å². The molecule has 0 amide bonds. The fourth-order valence-corrected chi connectivity index (χ4v) is 2.90. The van der Waals surface area contributed by atoms with E-state index in [0.717, 1.165) is 12.6 Å². The fraction of sp³-hybridized carbons (Fsp3) is 1.00. The van der Waals surface area contributed by atoms with E-state index in [1.807, 2.05) is 0 Å². The molecule has 0 aromatic carbocycles. The summed E-state index contributed by atoms with van der Waals surface area (Å²) in [7, 11) is 0. The molecule has 1 heterocycles. The van der Waals surface area contributed by atoms with Crippen molar-refractivity contribution >= 4 is 0 Å². The zero-order valence-corrected chi connectivity index (χ0v) is 9.14. The molecule has 3 rings (SSSR count). The summed E-state index contributed by atoms with van der Waals surface area (Å²) in [5, 5.41) is 3.81. The molecule has 14 heavy (non-hydrogen) atoms. The van der Waals surface area contributed by atoms with E-state index < -0.39 is 0 Å². The van der Waals surface area contributed by atoms with Gasteiger partial charge in [-0.25, -0.2) is 0 Å². The van der Waals surface area contributed by atoms with E-state index in [9.17, 15) is 0 Å². The van der Waals surface area contributed by atoms with E-state index in [1.165, 1.54) is 44.9 Å². The van der Waals surface area contributed by atoms with Crippen LogP contribution in [0.1, 0.15) is 51.9 Å². The van der Waals surface area contributed by atoms with Gasteiger partial charge in [0.2, 0.25) is 0 Å². The van der Waals surface area contributed by atoms with Gasteiger partial charge < -0.3 is 10.1 Å². The largest absolute Gasteiger partial charge is 0.375 e. The molecule has 1 unspecified atom stereocenters. The number of ether oxygens (including phenoxy) is 1. The van der Waals surface area contributed by atoms with E-state index in [-0.39, 0.29) is 0 Å². The van der Waals surface area contributed by atoms with Crippen LogP contribution in [0.25, 0.3) is 0 Å². The van der Waals surface area contributed by atoms with Crippen LogP contribution in [0.3, 0.4) is 0 Å². The van der Waals surface area contributed by atoms with Crippen LogP contribution in [0.15, 0.2) is 0 Å². The number of hydrogen-bond acceptors (Lipinski definition) is 2. The monoisotopic (exact) mass is 195 g/mol. The third-order valence-electron chi connectivity index (χ3n) is 4.31. The molecular formula is C12H21NO. The van der Waals surface area contributed by atoms with Gasteiger partial charge in [0.05, 0.1) is 5.60 Å². The van der Waals surface area contributed by atoms with E-state index in [1.54, 1.807) is 0 Å². The van der Waals surface area contributed by atoms with Crippen molar-refractivity contribution in [3.8, 4) is 0 Å². The Balaban J connectivity index is 1.58. The summed E-state index contributed by atoms with van der Waals surface area (Å²) >= 11 is 0. The zero-order chi connectivity index (χ0) is 9.65. The number of nitrogens with one attached hydrogen (secondary N) is 1. The Morgan fingerprint density at radius 2 is 2.00 bits per heavy atom. The minimum absolute atomic E-state index is 0.307. The number of hydrogen-bond donors (Lipinski definition) is 1. The van der Waals surface area contributed by atoms with Crippen molar-refractivity contribution in [2.24, 2.45) is 0 Å². The summed E-state index contributed by atoms with van der Waals surface area (Å²) in [5.74, 6) is 0. The molecule has 1 atom stereocenters. The predicted octanol–water partition coefficient (Wildman–Crippen LogP) is 2.23. The summed E-state index contributed by atoms with van der Waals surface area (Å²) < 4.78 is 5.93. The fourth-order valence-electron chi connectivity index (χ4n) is 2.90. The van der Waals surface area contributed by atoms with Gasteiger partial charge in [0, 0.05) is 18.2 Å². The Hall–Kier alpha value is -0.0800. The maximum absolute atomic E-state index is 5.93. The average Bonchev–Trinajstić information content (AvgIpc) is 2.81. The lowest BCUT2D eigenvalue weighted by Crippen LogP contribution is -2.52. The summed E-state index contributed by atoms with van der Waals surface area (Å²) in [5.41, 5.74) is 0.800. The third kappa shape index (κ3) is 1.59. The van der Waals surface area contributed by atoms with Gasteiger partial charge in [0.1, 0.15) is 0 Å². The van der Waals surface area contributed by atoms with Crippen molar-refractivity contribution in [3.05, 3.63) is 0 Å². The Kier molecular flexibility index (Phi) is 1.94. The Morgan fingerprint density at radius 1 is 1.21 bits per heavy atom. The highest BCUT2D eigenvalue weighted by Gasteiger charge is 2.45. The molecule has 1 spiro atoms. The van der Waals surface area contributed by atoms with E-state index >= 15 is 0 Å². The smallest absolute Gasteiger partial charge is 0.0697 e. The lowest BCUT2D eigenvalue weighted by atomic mass is 9.74. The molecule has 0 bridgehead atoms. The molecule has 1 N–H and O–H groups in total. The lowest BCUT2D eigenvalue weighted by Gasteiger charge is -2.47. The topological polar surface area (TPSA) is 21.3 Å². The average molecular weight is 195 g/mol. The molecule has 2 nitrogen and oxygen atoms in total. The lowest BCUT2D eigenvalue weighted by molar-refractivity contribution is -0.136. The first-order valence-electron chi connectivity index (χ1n) is 6.12. The maximum Gasteiger partial charge on any atom is 0.0697 e. The minimum atomic E-state index is 0.307. The summed E-state index contributed by atoms with van der Waals surface area (Å²) in [4.78, 5) is 0. The highest BCUT2D eigenvalue weighted by atomic mass is 16.5. The first-order valence-corrected chi connectivity index (χ1v) is 6.12. The van der Waals surface area contributed by atoms with Gasteiger partial charge in [-0.3, -0.25) is 0 Å². The minimum Gasteiger partial charge on any atom is -0.375 e. The van der Waals surface area contributed by atoms with E-state index in [0.29, 0.717) is 11.1 Å². The Bertz CT molecular complexity index is 230. The van der Waals surface area contributed by atoms with Crippen LogP contribution in [0.2, 0.25) is 0 Å².